The van der Waals surface area contributed by atoms with Gasteiger partial charge >= 0.3 is 0 Å². The highest BCUT2D eigenvalue weighted by Gasteiger charge is 2.09. The smallest absolute Gasteiger partial charge is 0.151 e. The Labute approximate surface area is 94.2 Å². The molecular weight excluding hydrogens is 200 g/mol. The average molecular weight is 212 g/mol. The van der Waals surface area contributed by atoms with E-state index in [9.17, 15) is 9.90 Å². The summed E-state index contributed by atoms with van der Waals surface area (Å²) in [6, 6.07) is 13.0. The van der Waals surface area contributed by atoms with E-state index in [1.165, 1.54) is 0 Å². The molecule has 0 spiro atoms. The molecule has 0 aliphatic rings. The first kappa shape index (κ1) is 10.4. The van der Waals surface area contributed by atoms with Crippen molar-refractivity contribution in [1.82, 2.24) is 0 Å². The Balaban J connectivity index is 2.67. The molecule has 0 atom stereocenters. The van der Waals surface area contributed by atoms with Gasteiger partial charge in [-0.2, -0.15) is 0 Å². The summed E-state index contributed by atoms with van der Waals surface area (Å²) in [5.41, 5.74) is 3.00. The van der Waals surface area contributed by atoms with Crippen LogP contribution in [0.3, 0.4) is 0 Å². The minimum absolute atomic E-state index is 0.154. The van der Waals surface area contributed by atoms with Gasteiger partial charge in [-0.05, 0) is 30.2 Å². The number of phenolic OH excluding ortho intramolecular Hbond substituents is 1. The van der Waals surface area contributed by atoms with Crippen molar-refractivity contribution in [3.8, 4) is 16.9 Å². The van der Waals surface area contributed by atoms with E-state index in [0.717, 1.165) is 17.4 Å². The van der Waals surface area contributed by atoms with Crippen molar-refractivity contribution in [3.05, 3.63) is 53.6 Å². The van der Waals surface area contributed by atoms with Gasteiger partial charge in [0.25, 0.3) is 0 Å². The lowest BCUT2D eigenvalue weighted by Gasteiger charge is -2.09. The Morgan fingerprint density at radius 3 is 2.38 bits per heavy atom. The van der Waals surface area contributed by atoms with Crippen LogP contribution in [0, 0.1) is 6.92 Å². The summed E-state index contributed by atoms with van der Waals surface area (Å²) < 4.78 is 0. The summed E-state index contributed by atoms with van der Waals surface area (Å²) in [7, 11) is 0. The number of benzene rings is 2. The third-order valence-electron chi connectivity index (χ3n) is 2.69. The molecule has 0 saturated carbocycles. The van der Waals surface area contributed by atoms with Crippen LogP contribution in [-0.2, 0) is 0 Å². The summed E-state index contributed by atoms with van der Waals surface area (Å²) in [5.74, 6) is 0.154. The molecule has 16 heavy (non-hydrogen) atoms. The maximum absolute atomic E-state index is 11.1. The van der Waals surface area contributed by atoms with Crippen LogP contribution < -0.4 is 0 Å². The summed E-state index contributed by atoms with van der Waals surface area (Å²) >= 11 is 0. The Kier molecular flexibility index (Phi) is 2.73. The Morgan fingerprint density at radius 1 is 1.06 bits per heavy atom. The van der Waals surface area contributed by atoms with E-state index in [4.69, 9.17) is 0 Å². The fourth-order valence-corrected chi connectivity index (χ4v) is 1.74. The van der Waals surface area contributed by atoms with Gasteiger partial charge in [0.15, 0.2) is 6.29 Å². The highest BCUT2D eigenvalue weighted by atomic mass is 16.3. The lowest BCUT2D eigenvalue weighted by molar-refractivity contribution is 0.112. The van der Waals surface area contributed by atoms with Crippen LogP contribution in [0.15, 0.2) is 42.5 Å². The molecule has 2 nitrogen and oxygen atoms in total. The van der Waals surface area contributed by atoms with E-state index in [1.807, 2.05) is 30.3 Å². The van der Waals surface area contributed by atoms with E-state index in [0.29, 0.717) is 11.1 Å². The van der Waals surface area contributed by atoms with Crippen molar-refractivity contribution >= 4 is 6.29 Å². The second-order valence-corrected chi connectivity index (χ2v) is 3.65. The molecule has 0 bridgehead atoms. The van der Waals surface area contributed by atoms with Crippen molar-refractivity contribution in [1.29, 1.82) is 0 Å². The van der Waals surface area contributed by atoms with Crippen LogP contribution in [0.5, 0.6) is 5.75 Å². The van der Waals surface area contributed by atoms with Crippen LogP contribution in [0.25, 0.3) is 11.1 Å². The van der Waals surface area contributed by atoms with Gasteiger partial charge in [0.1, 0.15) is 5.75 Å². The first-order chi connectivity index (χ1) is 7.74. The fraction of sp³-hybridized carbons (Fsp3) is 0.0714. The lowest BCUT2D eigenvalue weighted by Crippen LogP contribution is -1.92. The van der Waals surface area contributed by atoms with Crippen molar-refractivity contribution in [3.63, 3.8) is 0 Å². The minimum atomic E-state index is 0.154. The van der Waals surface area contributed by atoms with Gasteiger partial charge < -0.3 is 5.11 Å². The van der Waals surface area contributed by atoms with Gasteiger partial charge in [-0.25, -0.2) is 0 Å². The summed E-state index contributed by atoms with van der Waals surface area (Å²) in [4.78, 5) is 11.1. The van der Waals surface area contributed by atoms with Gasteiger partial charge in [0, 0.05) is 11.1 Å². The molecule has 0 fully saturated rings. The third-order valence-corrected chi connectivity index (χ3v) is 2.69. The standard InChI is InChI=1S/C14H12O2/c1-10-13(9-15)12(7-8-14(10)16)11-5-3-2-4-6-11/h2-9,16H,1H3. The molecule has 0 amide bonds. The van der Waals surface area contributed by atoms with Crippen LogP contribution in [0.2, 0.25) is 0 Å². The minimum Gasteiger partial charge on any atom is -0.508 e. The number of aldehydes is 1. The number of carbonyl (C=O) groups is 1. The molecule has 0 radical (unpaired) electrons. The molecule has 0 aliphatic heterocycles. The van der Waals surface area contributed by atoms with E-state index < -0.39 is 0 Å². The summed E-state index contributed by atoms with van der Waals surface area (Å²) in [5, 5.41) is 9.54. The van der Waals surface area contributed by atoms with Gasteiger partial charge in [-0.15, -0.1) is 0 Å². The molecule has 0 aromatic heterocycles. The Hall–Kier alpha value is -2.09. The first-order valence-corrected chi connectivity index (χ1v) is 5.07. The molecule has 2 rings (SSSR count). The van der Waals surface area contributed by atoms with Crippen LogP contribution >= 0.6 is 0 Å². The van der Waals surface area contributed by atoms with Gasteiger partial charge in [0.05, 0.1) is 0 Å². The predicted molar refractivity (Wildman–Crippen MR) is 63.7 cm³/mol. The van der Waals surface area contributed by atoms with Crippen molar-refractivity contribution in [2.24, 2.45) is 0 Å². The number of carbonyl (C=O) groups excluding carboxylic acids is 1. The zero-order chi connectivity index (χ0) is 11.5. The SMILES string of the molecule is Cc1c(O)ccc(-c2ccccc2)c1C=O. The maximum atomic E-state index is 11.1. The predicted octanol–water partition coefficient (Wildman–Crippen LogP) is 3.18. The van der Waals surface area contributed by atoms with Crippen molar-refractivity contribution in [2.45, 2.75) is 6.92 Å². The number of phenols is 1. The van der Waals surface area contributed by atoms with Crippen LogP contribution in [0.4, 0.5) is 0 Å². The zero-order valence-corrected chi connectivity index (χ0v) is 8.97. The lowest BCUT2D eigenvalue weighted by atomic mass is 9.96. The molecule has 2 aromatic carbocycles. The molecule has 0 aliphatic carbocycles. The molecule has 2 aromatic rings. The Morgan fingerprint density at radius 2 is 1.75 bits per heavy atom. The summed E-state index contributed by atoms with van der Waals surface area (Å²) in [6.07, 6.45) is 0.789. The number of hydrogen-bond donors (Lipinski definition) is 1. The quantitative estimate of drug-likeness (QED) is 0.776. The summed E-state index contributed by atoms with van der Waals surface area (Å²) in [6.45, 7) is 1.74. The number of hydrogen-bond acceptors (Lipinski definition) is 2. The van der Waals surface area contributed by atoms with E-state index in [1.54, 1.807) is 19.1 Å². The monoisotopic (exact) mass is 212 g/mol. The molecule has 0 heterocycles. The number of aromatic hydroxyl groups is 1. The molecular formula is C14H12O2. The van der Waals surface area contributed by atoms with Crippen LogP contribution in [-0.4, -0.2) is 11.4 Å². The van der Waals surface area contributed by atoms with Gasteiger partial charge in [-0.3, -0.25) is 4.79 Å². The second kappa shape index (κ2) is 4.19. The van der Waals surface area contributed by atoms with Gasteiger partial charge in [-0.1, -0.05) is 30.3 Å². The molecule has 0 saturated heterocycles. The van der Waals surface area contributed by atoms with Crippen molar-refractivity contribution in [2.75, 3.05) is 0 Å². The highest BCUT2D eigenvalue weighted by molar-refractivity contribution is 5.90. The van der Waals surface area contributed by atoms with Crippen molar-refractivity contribution < 1.29 is 9.90 Å². The van der Waals surface area contributed by atoms with Crippen LogP contribution in [0.1, 0.15) is 15.9 Å². The third kappa shape index (κ3) is 1.70. The molecule has 1 N–H and O–H groups in total. The average Bonchev–Trinajstić information content (AvgIpc) is 2.33. The zero-order valence-electron chi connectivity index (χ0n) is 8.97. The van der Waals surface area contributed by atoms with Gasteiger partial charge in [0.2, 0.25) is 0 Å². The van der Waals surface area contributed by atoms with E-state index in [-0.39, 0.29) is 5.75 Å². The first-order valence-electron chi connectivity index (χ1n) is 5.07. The normalized spacial score (nSPS) is 10.1. The van der Waals surface area contributed by atoms with E-state index in [2.05, 4.69) is 0 Å². The molecule has 0 unspecified atom stereocenters. The largest absolute Gasteiger partial charge is 0.508 e. The topological polar surface area (TPSA) is 37.3 Å². The van der Waals surface area contributed by atoms with E-state index >= 15 is 0 Å². The highest BCUT2D eigenvalue weighted by Crippen LogP contribution is 2.29. The second-order valence-electron chi connectivity index (χ2n) is 3.65. The Bertz CT molecular complexity index is 516. The molecule has 80 valence electrons. The number of rotatable bonds is 2. The molecule has 2 heteroatoms. The maximum Gasteiger partial charge on any atom is 0.151 e. The fourth-order valence-electron chi connectivity index (χ4n) is 1.74.